The van der Waals surface area contributed by atoms with Gasteiger partial charge in [-0.15, -0.1) is 0 Å². The Kier molecular flexibility index (Phi) is 25.7. The molecule has 4 heterocycles. The Morgan fingerprint density at radius 3 is 1.47 bits per heavy atom. The molecular formula is C70H75Cl2F4N17O8. The molecule has 7 N–H and O–H groups in total. The molecule has 31 heteroatoms. The molecule has 101 heavy (non-hydrogen) atoms. The standard InChI is InChI=1S/C35H36ClF2N7O4.C23H20ClFN8O4.C11H15FN2.CH4/c36-28-3-1-2-24(33(28)38)18-40-30(46)20-44(26-9-10-26)32(48)21-45-29-11-6-23(16-27(29)34(41-45)35(39)49)17-31(47)43-14-12-42(13-15-43)19-22-4-7-25(37)8-5-22;24-16-3-1-2-13(20(16)25)9-28-18(34)10-32(14-5-6-14)19(35)11-33-17-7-4-12(23(37)29-31-27)8-15(17)21(30-33)22(26)36;12-11-3-1-10(2-4-11)9-14-7-5-13-6-8-14;/h1-8,11,16,26H,9-10,12-15,17-21H2,(H2,39,49)(H,40,46);1-4,7-8,14H,5-6,9-11H2,(H2,26,36)(H,28,34);1-4,13H,5-9H2;1H4. The molecule has 6 aromatic carbocycles. The zero-order valence-electron chi connectivity index (χ0n) is 54.1. The first-order chi connectivity index (χ1) is 48.1. The fourth-order valence-electron chi connectivity index (χ4n) is 11.6. The van der Waals surface area contributed by atoms with Crippen LogP contribution in [0.2, 0.25) is 10.0 Å². The van der Waals surface area contributed by atoms with Crippen LogP contribution < -0.4 is 27.4 Å². The van der Waals surface area contributed by atoms with Crippen molar-refractivity contribution in [2.24, 2.45) is 16.6 Å². The summed E-state index contributed by atoms with van der Waals surface area (Å²) in [5.41, 5.74) is 23.6. The van der Waals surface area contributed by atoms with Crippen LogP contribution >= 0.6 is 23.2 Å². The quantitative estimate of drug-likeness (QED) is 0.0177. The molecule has 8 aromatic rings. The summed E-state index contributed by atoms with van der Waals surface area (Å²) in [4.78, 5) is 113. The van der Waals surface area contributed by atoms with Gasteiger partial charge in [0.2, 0.25) is 35.4 Å². The smallest absolute Gasteiger partial charge is 0.269 e. The average Bonchev–Trinajstić information content (AvgIpc) is 1.64. The zero-order chi connectivity index (χ0) is 71.1. The van der Waals surface area contributed by atoms with Crippen LogP contribution in [0.15, 0.2) is 126 Å². The van der Waals surface area contributed by atoms with Gasteiger partial charge in [-0.1, -0.05) is 85.2 Å². The van der Waals surface area contributed by atoms with E-state index in [-0.39, 0.29) is 132 Å². The third kappa shape index (κ3) is 20.2. The van der Waals surface area contributed by atoms with E-state index in [1.165, 1.54) is 91.5 Å². The molecule has 2 aliphatic heterocycles. The van der Waals surface area contributed by atoms with Crippen LogP contribution in [0.3, 0.4) is 0 Å². The number of amides is 8. The van der Waals surface area contributed by atoms with Crippen molar-refractivity contribution in [2.75, 3.05) is 65.4 Å². The Morgan fingerprint density at radius 1 is 0.584 bits per heavy atom. The number of aromatic nitrogens is 4. The van der Waals surface area contributed by atoms with E-state index in [1.54, 1.807) is 47.4 Å². The number of primary amides is 2. The largest absolute Gasteiger partial charge is 0.364 e. The van der Waals surface area contributed by atoms with Gasteiger partial charge in [-0.3, -0.25) is 57.5 Å². The average molecular weight is 1430 g/mol. The second-order valence-electron chi connectivity index (χ2n) is 24.4. The molecule has 12 rings (SSSR count). The summed E-state index contributed by atoms with van der Waals surface area (Å²) in [6.45, 7) is 7.18. The lowest BCUT2D eigenvalue weighted by Crippen LogP contribution is -2.48. The summed E-state index contributed by atoms with van der Waals surface area (Å²) in [5, 5.41) is 20.6. The van der Waals surface area contributed by atoms with Crippen LogP contribution in [0.4, 0.5) is 17.6 Å². The van der Waals surface area contributed by atoms with Crippen molar-refractivity contribution >= 4 is 92.3 Å². The van der Waals surface area contributed by atoms with E-state index in [4.69, 9.17) is 40.2 Å². The SMILES string of the molecule is C.Fc1ccc(CN2CCNCC2)cc1.NC(=O)c1nn(CC(=O)N(CC(=O)NCc2cccc(Cl)c2F)C2CC2)c2ccc(CC(=O)N3CCN(Cc4ccc(F)cc4)CC3)cc12.[N-]=[N+]=NC(=O)c1ccc2c(c1)c(C(N)=O)nn2CC(=O)N(CC(=O)NCc1cccc(Cl)c1F)C1CC1. The molecule has 0 unspecified atom stereocenters. The van der Waals surface area contributed by atoms with Gasteiger partial charge in [0.05, 0.1) is 40.6 Å². The molecule has 2 aromatic heterocycles. The summed E-state index contributed by atoms with van der Waals surface area (Å²) < 4.78 is 56.9. The second kappa shape index (κ2) is 34.7. The third-order valence-electron chi connectivity index (χ3n) is 17.2. The molecule has 2 saturated heterocycles. The van der Waals surface area contributed by atoms with Crippen molar-refractivity contribution in [3.63, 3.8) is 0 Å². The van der Waals surface area contributed by atoms with Gasteiger partial charge in [-0.25, -0.2) is 17.6 Å². The number of nitrogens with zero attached hydrogens (tertiary/aromatic N) is 12. The molecule has 2 aliphatic carbocycles. The van der Waals surface area contributed by atoms with E-state index in [9.17, 15) is 55.9 Å². The van der Waals surface area contributed by atoms with Crippen molar-refractivity contribution < 1.29 is 55.9 Å². The summed E-state index contributed by atoms with van der Waals surface area (Å²) >= 11 is 11.6. The van der Waals surface area contributed by atoms with Crippen molar-refractivity contribution in [1.29, 1.82) is 0 Å². The van der Waals surface area contributed by atoms with E-state index < -0.39 is 47.1 Å². The van der Waals surface area contributed by atoms with E-state index in [0.29, 0.717) is 54.7 Å². The minimum Gasteiger partial charge on any atom is -0.364 e. The van der Waals surface area contributed by atoms with Crippen LogP contribution in [0.5, 0.6) is 0 Å². The molecule has 2 saturated carbocycles. The van der Waals surface area contributed by atoms with Crippen LogP contribution in [0.25, 0.3) is 32.2 Å². The van der Waals surface area contributed by atoms with Crippen molar-refractivity contribution in [3.8, 4) is 0 Å². The highest BCUT2D eigenvalue weighted by Crippen LogP contribution is 2.30. The van der Waals surface area contributed by atoms with Crippen LogP contribution in [0.1, 0.15) is 92.3 Å². The highest BCUT2D eigenvalue weighted by molar-refractivity contribution is 6.31. The summed E-state index contributed by atoms with van der Waals surface area (Å²) in [6, 6.07) is 31.2. The number of fused-ring (bicyclic) bond motifs is 2. The van der Waals surface area contributed by atoms with E-state index >= 15 is 0 Å². The number of carbonyl (C=O) groups excluding carboxylic acids is 8. The highest BCUT2D eigenvalue weighted by atomic mass is 35.5. The van der Waals surface area contributed by atoms with E-state index in [1.807, 2.05) is 12.1 Å². The van der Waals surface area contributed by atoms with E-state index in [2.05, 4.69) is 46.0 Å². The van der Waals surface area contributed by atoms with Crippen LogP contribution in [-0.2, 0) is 69.7 Å². The number of carbonyl (C=O) groups is 8. The first-order valence-electron chi connectivity index (χ1n) is 32.2. The third-order valence-corrected chi connectivity index (χ3v) is 17.8. The Labute approximate surface area is 588 Å². The first kappa shape index (κ1) is 74.9. The van der Waals surface area contributed by atoms with Gasteiger partial charge in [0, 0.05) is 123 Å². The van der Waals surface area contributed by atoms with Gasteiger partial charge < -0.3 is 42.1 Å². The minimum absolute atomic E-state index is 0. The molecule has 0 bridgehead atoms. The molecule has 0 radical (unpaired) electrons. The van der Waals surface area contributed by atoms with Gasteiger partial charge in [0.1, 0.15) is 36.4 Å². The van der Waals surface area contributed by atoms with Crippen molar-refractivity contribution in [2.45, 2.75) is 90.9 Å². The molecule has 25 nitrogen and oxygen atoms in total. The lowest BCUT2D eigenvalue weighted by molar-refractivity contribution is -0.137. The number of nitrogens with two attached hydrogens (primary N) is 2. The Bertz CT molecular complexity index is 4420. The van der Waals surface area contributed by atoms with Crippen LogP contribution in [-0.4, -0.2) is 169 Å². The predicted molar refractivity (Wildman–Crippen MR) is 369 cm³/mol. The van der Waals surface area contributed by atoms with Crippen molar-refractivity contribution in [1.82, 2.24) is 60.0 Å². The molecule has 0 atom stereocenters. The number of hydrogen-bond acceptors (Lipinski definition) is 13. The van der Waals surface area contributed by atoms with Gasteiger partial charge in [0.15, 0.2) is 11.4 Å². The molecular weight excluding hydrogens is 1350 g/mol. The number of benzene rings is 6. The fourth-order valence-corrected chi connectivity index (χ4v) is 12.0. The fraction of sp³-hybridized carbons (Fsp3) is 0.343. The monoisotopic (exact) mass is 1430 g/mol. The predicted octanol–water partition coefficient (Wildman–Crippen LogP) is 7.81. The molecule has 4 fully saturated rings. The summed E-state index contributed by atoms with van der Waals surface area (Å²) in [5.74, 6) is -5.96. The Balaban J connectivity index is 0.000000200. The Hall–Kier alpha value is -10.3. The molecule has 8 amide bonds. The molecule has 530 valence electrons. The zero-order valence-corrected chi connectivity index (χ0v) is 55.6. The lowest BCUT2D eigenvalue weighted by Gasteiger charge is -2.34. The molecule has 0 spiro atoms. The van der Waals surface area contributed by atoms with Gasteiger partial charge >= 0.3 is 0 Å². The number of azide groups is 1. The second-order valence-corrected chi connectivity index (χ2v) is 25.2. The van der Waals surface area contributed by atoms with Gasteiger partial charge in [0.25, 0.3) is 11.8 Å². The number of hydrogen-bond donors (Lipinski definition) is 5. The molecule has 4 aliphatic rings. The summed E-state index contributed by atoms with van der Waals surface area (Å²) in [6.07, 6.45) is 3.04. The number of nitrogens with one attached hydrogen (secondary N) is 3. The van der Waals surface area contributed by atoms with E-state index in [0.717, 1.165) is 64.0 Å². The number of halogens is 6. The Morgan fingerprint density at radius 2 is 1.02 bits per heavy atom. The highest BCUT2D eigenvalue weighted by Gasteiger charge is 2.36. The topological polar surface area (TPSA) is 325 Å². The summed E-state index contributed by atoms with van der Waals surface area (Å²) in [7, 11) is 0. The number of piperazine rings is 2. The van der Waals surface area contributed by atoms with Gasteiger partial charge in [-0.05, 0) is 120 Å². The lowest BCUT2D eigenvalue weighted by atomic mass is 10.1. The maximum absolute atomic E-state index is 14.2. The maximum Gasteiger partial charge on any atom is 0.269 e. The number of rotatable bonds is 23. The van der Waals surface area contributed by atoms with Crippen LogP contribution in [0, 0.1) is 23.3 Å². The van der Waals surface area contributed by atoms with Crippen molar-refractivity contribution in [3.05, 3.63) is 210 Å². The minimum atomic E-state index is -0.878. The normalized spacial score (nSPS) is 14.4. The van der Waals surface area contributed by atoms with Gasteiger partial charge in [-0.2, -0.15) is 10.2 Å². The maximum atomic E-state index is 14.2. The first-order valence-corrected chi connectivity index (χ1v) is 32.9.